The first-order valence-corrected chi connectivity index (χ1v) is 11.6. The first-order valence-electron chi connectivity index (χ1n) is 11.6. The summed E-state index contributed by atoms with van der Waals surface area (Å²) in [6, 6.07) is 11.3. The Morgan fingerprint density at radius 2 is 1.81 bits per heavy atom. The van der Waals surface area contributed by atoms with Gasteiger partial charge in [0.1, 0.15) is 0 Å². The molecule has 3 fully saturated rings. The van der Waals surface area contributed by atoms with Crippen LogP contribution >= 0.6 is 0 Å². The van der Waals surface area contributed by atoms with Crippen molar-refractivity contribution in [1.82, 2.24) is 19.6 Å². The van der Waals surface area contributed by atoms with Crippen LogP contribution in [0.15, 0.2) is 42.7 Å². The van der Waals surface area contributed by atoms with Crippen LogP contribution in [0, 0.1) is 0 Å². The minimum absolute atomic E-state index is 0.0643. The van der Waals surface area contributed by atoms with Gasteiger partial charge in [-0.15, -0.1) is 0 Å². The summed E-state index contributed by atoms with van der Waals surface area (Å²) in [5, 5.41) is 4.14. The third-order valence-corrected chi connectivity index (χ3v) is 7.33. The van der Waals surface area contributed by atoms with Crippen LogP contribution in [0.3, 0.4) is 0 Å². The van der Waals surface area contributed by atoms with Crippen molar-refractivity contribution in [2.75, 3.05) is 50.8 Å². The van der Waals surface area contributed by atoms with Crippen LogP contribution in [-0.4, -0.2) is 83.0 Å². The van der Waals surface area contributed by atoms with E-state index in [4.69, 9.17) is 4.74 Å². The van der Waals surface area contributed by atoms with Gasteiger partial charge in [-0.3, -0.25) is 14.4 Å². The molecule has 0 N–H and O–H groups in total. The minimum Gasteiger partial charge on any atom is -0.375 e. The zero-order valence-corrected chi connectivity index (χ0v) is 18.4. The average Bonchev–Trinajstić information content (AvgIpc) is 3.26. The van der Waals surface area contributed by atoms with Crippen LogP contribution in [0.2, 0.25) is 0 Å². The molecule has 1 aromatic carbocycles. The van der Waals surface area contributed by atoms with Gasteiger partial charge in [0.05, 0.1) is 17.4 Å². The molecule has 3 aliphatic heterocycles. The number of piperazine rings is 1. The summed E-state index contributed by atoms with van der Waals surface area (Å²) in [7, 11) is 1.84. The lowest BCUT2D eigenvalue weighted by molar-refractivity contribution is -0.130. The Labute approximate surface area is 184 Å². The maximum absolute atomic E-state index is 12.8. The van der Waals surface area contributed by atoms with E-state index in [1.165, 1.54) is 5.69 Å². The predicted molar refractivity (Wildman–Crippen MR) is 120 cm³/mol. The number of ether oxygens (including phenoxy) is 1. The highest BCUT2D eigenvalue weighted by molar-refractivity contribution is 5.93. The summed E-state index contributed by atoms with van der Waals surface area (Å²) in [6.45, 7) is 6.76. The topological polar surface area (TPSA) is 53.8 Å². The number of carbonyl (C=O) groups is 1. The van der Waals surface area contributed by atoms with Gasteiger partial charge in [0.2, 0.25) is 0 Å². The smallest absolute Gasteiger partial charge is 0.257 e. The van der Waals surface area contributed by atoms with Crippen molar-refractivity contribution in [3.8, 4) is 0 Å². The number of rotatable bonds is 3. The Hall–Kier alpha value is -2.38. The van der Waals surface area contributed by atoms with Gasteiger partial charge in [0.15, 0.2) is 0 Å². The molecular formula is C24H33N5O2. The molecule has 5 rings (SSSR count). The van der Waals surface area contributed by atoms with Crippen molar-refractivity contribution >= 4 is 11.6 Å². The van der Waals surface area contributed by atoms with Crippen molar-refractivity contribution in [2.24, 2.45) is 7.05 Å². The largest absolute Gasteiger partial charge is 0.375 e. The number of likely N-dealkylation sites (tertiary alicyclic amines) is 1. The number of carbonyl (C=O) groups excluding carboxylic acids is 1. The summed E-state index contributed by atoms with van der Waals surface area (Å²) in [5.41, 5.74) is 1.94. The monoisotopic (exact) mass is 423 g/mol. The first-order chi connectivity index (χ1) is 15.1. The molecule has 1 aromatic heterocycles. The van der Waals surface area contributed by atoms with Gasteiger partial charge in [-0.25, -0.2) is 0 Å². The highest BCUT2D eigenvalue weighted by Crippen LogP contribution is 2.37. The second-order valence-electron chi connectivity index (χ2n) is 9.23. The Morgan fingerprint density at radius 1 is 1.06 bits per heavy atom. The third kappa shape index (κ3) is 4.34. The second-order valence-corrected chi connectivity index (χ2v) is 9.23. The molecule has 7 nitrogen and oxygen atoms in total. The quantitative estimate of drug-likeness (QED) is 0.759. The van der Waals surface area contributed by atoms with Crippen LogP contribution in [0.5, 0.6) is 0 Å². The van der Waals surface area contributed by atoms with Gasteiger partial charge in [-0.05, 0) is 37.8 Å². The second kappa shape index (κ2) is 8.63. The maximum atomic E-state index is 12.8. The molecule has 166 valence electrons. The van der Waals surface area contributed by atoms with Gasteiger partial charge in [-0.1, -0.05) is 18.2 Å². The fraction of sp³-hybridized carbons (Fsp3) is 0.583. The lowest BCUT2D eigenvalue weighted by Crippen LogP contribution is -2.57. The average molecular weight is 424 g/mol. The standard InChI is InChI=1S/C24H33N5O2/c1-26-19-20(18-25-26)23(30)29-10-8-24(9-11-29)17-22(7-16-31-24)28-14-12-27(13-15-28)21-5-3-2-4-6-21/h2-6,18-19,22H,7-17H2,1H3/t22-/m0/s1. The molecule has 0 saturated carbocycles. The number of hydrogen-bond donors (Lipinski definition) is 0. The molecule has 0 unspecified atom stereocenters. The van der Waals surface area contributed by atoms with E-state index in [2.05, 4.69) is 45.2 Å². The number of aryl methyl sites for hydroxylation is 1. The zero-order chi connectivity index (χ0) is 21.3. The van der Waals surface area contributed by atoms with Crippen LogP contribution in [-0.2, 0) is 11.8 Å². The van der Waals surface area contributed by atoms with E-state index >= 15 is 0 Å². The summed E-state index contributed by atoms with van der Waals surface area (Å²) in [4.78, 5) is 19.9. The van der Waals surface area contributed by atoms with E-state index in [1.807, 2.05) is 11.9 Å². The number of amides is 1. The number of piperidine rings is 1. The first kappa shape index (κ1) is 20.5. The van der Waals surface area contributed by atoms with Crippen LogP contribution in [0.1, 0.15) is 36.0 Å². The minimum atomic E-state index is -0.0643. The summed E-state index contributed by atoms with van der Waals surface area (Å²) < 4.78 is 8.05. The summed E-state index contributed by atoms with van der Waals surface area (Å²) in [5.74, 6) is 0.0901. The maximum Gasteiger partial charge on any atom is 0.257 e. The third-order valence-electron chi connectivity index (χ3n) is 7.33. The summed E-state index contributed by atoms with van der Waals surface area (Å²) in [6.07, 6.45) is 7.53. The fourth-order valence-electron chi connectivity index (χ4n) is 5.48. The van der Waals surface area contributed by atoms with Gasteiger partial charge in [0.25, 0.3) is 5.91 Å². The molecule has 7 heteroatoms. The summed E-state index contributed by atoms with van der Waals surface area (Å²) >= 11 is 0. The van der Waals surface area contributed by atoms with Gasteiger partial charge in [-0.2, -0.15) is 5.10 Å². The number of para-hydroxylation sites is 1. The molecule has 1 atom stereocenters. The Bertz CT molecular complexity index is 882. The fourth-order valence-corrected chi connectivity index (χ4v) is 5.48. The zero-order valence-electron chi connectivity index (χ0n) is 18.4. The molecule has 0 aliphatic carbocycles. The normalized spacial score (nSPS) is 24.5. The number of hydrogen-bond acceptors (Lipinski definition) is 5. The van der Waals surface area contributed by atoms with E-state index in [0.29, 0.717) is 11.6 Å². The molecular weight excluding hydrogens is 390 g/mol. The van der Waals surface area contributed by atoms with Crippen molar-refractivity contribution < 1.29 is 9.53 Å². The van der Waals surface area contributed by atoms with Crippen molar-refractivity contribution in [3.63, 3.8) is 0 Å². The lowest BCUT2D eigenvalue weighted by atomic mass is 9.81. The van der Waals surface area contributed by atoms with E-state index in [1.54, 1.807) is 17.1 Å². The number of anilines is 1. The molecule has 1 amide bonds. The van der Waals surface area contributed by atoms with Gasteiger partial charge >= 0.3 is 0 Å². The molecule has 3 saturated heterocycles. The predicted octanol–water partition coefficient (Wildman–Crippen LogP) is 2.40. The molecule has 31 heavy (non-hydrogen) atoms. The van der Waals surface area contributed by atoms with E-state index in [-0.39, 0.29) is 11.5 Å². The van der Waals surface area contributed by atoms with Crippen LogP contribution < -0.4 is 4.90 Å². The van der Waals surface area contributed by atoms with Crippen LogP contribution in [0.4, 0.5) is 5.69 Å². The Kier molecular flexibility index (Phi) is 5.71. The molecule has 4 heterocycles. The van der Waals surface area contributed by atoms with Crippen molar-refractivity contribution in [3.05, 3.63) is 48.3 Å². The molecule has 3 aliphatic rings. The van der Waals surface area contributed by atoms with E-state index < -0.39 is 0 Å². The highest BCUT2D eigenvalue weighted by atomic mass is 16.5. The van der Waals surface area contributed by atoms with Gasteiger partial charge in [0, 0.05) is 70.8 Å². The van der Waals surface area contributed by atoms with E-state index in [9.17, 15) is 4.79 Å². The Morgan fingerprint density at radius 3 is 2.48 bits per heavy atom. The SMILES string of the molecule is Cn1cc(C(=O)N2CCC3(CC2)C[C@@H](N2CCN(c4ccccc4)CC2)CCO3)cn1. The lowest BCUT2D eigenvalue weighted by Gasteiger charge is -2.49. The van der Waals surface area contributed by atoms with E-state index in [0.717, 1.165) is 71.6 Å². The molecule has 0 bridgehead atoms. The molecule has 1 spiro atoms. The highest BCUT2D eigenvalue weighted by Gasteiger charge is 2.43. The number of nitrogens with zero attached hydrogens (tertiary/aromatic N) is 5. The Balaban J connectivity index is 1.15. The van der Waals surface area contributed by atoms with Crippen molar-refractivity contribution in [1.29, 1.82) is 0 Å². The number of aromatic nitrogens is 2. The van der Waals surface area contributed by atoms with Gasteiger partial charge < -0.3 is 14.5 Å². The molecule has 0 radical (unpaired) electrons. The molecule has 2 aromatic rings. The number of benzene rings is 1. The van der Waals surface area contributed by atoms with Crippen molar-refractivity contribution in [2.45, 2.75) is 37.3 Å². The van der Waals surface area contributed by atoms with Crippen LogP contribution in [0.25, 0.3) is 0 Å².